The third kappa shape index (κ3) is 4.31. The number of carbonyl (C=O) groups excluding carboxylic acids is 2. The van der Waals surface area contributed by atoms with Gasteiger partial charge in [-0.3, -0.25) is 0 Å². The van der Waals surface area contributed by atoms with Gasteiger partial charge in [0.2, 0.25) is 0 Å². The van der Waals surface area contributed by atoms with Crippen molar-refractivity contribution in [3.63, 3.8) is 0 Å². The van der Waals surface area contributed by atoms with E-state index in [-0.39, 0.29) is 18.0 Å². The first-order chi connectivity index (χ1) is 13.3. The van der Waals surface area contributed by atoms with Crippen molar-refractivity contribution in [3.05, 3.63) is 65.0 Å². The summed E-state index contributed by atoms with van der Waals surface area (Å²) in [5.41, 5.74) is 0.646. The molecule has 0 spiro atoms. The van der Waals surface area contributed by atoms with Crippen molar-refractivity contribution in [2.45, 2.75) is 26.2 Å². The minimum absolute atomic E-state index is 0.0126. The number of methoxy groups -OCH3 is 1. The highest BCUT2D eigenvalue weighted by Gasteiger charge is 2.38. The maximum absolute atomic E-state index is 13.8. The molecule has 1 aliphatic rings. The Balaban J connectivity index is 1.86. The summed E-state index contributed by atoms with van der Waals surface area (Å²) in [5.74, 6) is -2.47. The maximum atomic E-state index is 13.8. The molecule has 7 heteroatoms. The first kappa shape index (κ1) is 19.4. The average molecular weight is 386 g/mol. The van der Waals surface area contributed by atoms with Gasteiger partial charge in [0.05, 0.1) is 7.11 Å². The van der Waals surface area contributed by atoms with E-state index in [9.17, 15) is 14.0 Å². The normalized spacial score (nSPS) is 15.5. The SMILES string of the molecule is COc1ccc(C=C2C(=O)OC(C)(C)OC2=O)cc1OCc1ccccc1F. The number of benzene rings is 2. The molecule has 0 saturated carbocycles. The van der Waals surface area contributed by atoms with Crippen molar-refractivity contribution in [1.82, 2.24) is 0 Å². The summed E-state index contributed by atoms with van der Waals surface area (Å²) in [6, 6.07) is 11.1. The molecule has 3 rings (SSSR count). The Kier molecular flexibility index (Phi) is 5.35. The lowest BCUT2D eigenvalue weighted by Gasteiger charge is -2.29. The summed E-state index contributed by atoms with van der Waals surface area (Å²) in [7, 11) is 1.47. The molecule has 0 amide bonds. The van der Waals surface area contributed by atoms with Gasteiger partial charge in [0.1, 0.15) is 18.0 Å². The molecule has 1 saturated heterocycles. The van der Waals surface area contributed by atoms with Gasteiger partial charge in [-0.1, -0.05) is 24.3 Å². The van der Waals surface area contributed by atoms with Crippen LogP contribution in [-0.4, -0.2) is 24.8 Å². The van der Waals surface area contributed by atoms with Crippen molar-refractivity contribution in [1.29, 1.82) is 0 Å². The number of hydrogen-bond acceptors (Lipinski definition) is 6. The monoisotopic (exact) mass is 386 g/mol. The highest BCUT2D eigenvalue weighted by atomic mass is 19.1. The van der Waals surface area contributed by atoms with E-state index in [1.54, 1.807) is 36.4 Å². The largest absolute Gasteiger partial charge is 0.493 e. The highest BCUT2D eigenvalue weighted by molar-refractivity contribution is 6.18. The fourth-order valence-electron chi connectivity index (χ4n) is 2.61. The van der Waals surface area contributed by atoms with Gasteiger partial charge in [-0.25, -0.2) is 14.0 Å². The van der Waals surface area contributed by atoms with E-state index in [1.807, 2.05) is 0 Å². The van der Waals surface area contributed by atoms with Crippen molar-refractivity contribution in [2.75, 3.05) is 7.11 Å². The molecule has 2 aromatic carbocycles. The molecule has 0 atom stereocenters. The van der Waals surface area contributed by atoms with Gasteiger partial charge in [0, 0.05) is 19.4 Å². The summed E-state index contributed by atoms with van der Waals surface area (Å²) in [6.07, 6.45) is 1.34. The number of cyclic esters (lactones) is 2. The van der Waals surface area contributed by atoms with E-state index in [0.29, 0.717) is 22.6 Å². The number of halogens is 1. The lowest BCUT2D eigenvalue weighted by molar-refractivity contribution is -0.222. The molecule has 0 aliphatic carbocycles. The van der Waals surface area contributed by atoms with Gasteiger partial charge < -0.3 is 18.9 Å². The van der Waals surface area contributed by atoms with E-state index in [4.69, 9.17) is 18.9 Å². The van der Waals surface area contributed by atoms with Crippen molar-refractivity contribution < 1.29 is 32.9 Å². The fraction of sp³-hybridized carbons (Fsp3) is 0.238. The Morgan fingerprint density at radius 3 is 2.36 bits per heavy atom. The molecule has 1 aliphatic heterocycles. The molecule has 1 heterocycles. The maximum Gasteiger partial charge on any atom is 0.348 e. The topological polar surface area (TPSA) is 71.1 Å². The van der Waals surface area contributed by atoms with Crippen LogP contribution in [0.4, 0.5) is 4.39 Å². The molecule has 146 valence electrons. The second-order valence-corrected chi connectivity index (χ2v) is 6.53. The fourth-order valence-corrected chi connectivity index (χ4v) is 2.61. The van der Waals surface area contributed by atoms with E-state index >= 15 is 0 Å². The molecule has 0 unspecified atom stereocenters. The van der Waals surface area contributed by atoms with Gasteiger partial charge in [-0.2, -0.15) is 0 Å². The van der Waals surface area contributed by atoms with Crippen LogP contribution in [0.15, 0.2) is 48.0 Å². The van der Waals surface area contributed by atoms with Crippen LogP contribution in [0, 0.1) is 5.82 Å². The van der Waals surface area contributed by atoms with E-state index < -0.39 is 17.7 Å². The van der Waals surface area contributed by atoms with E-state index in [1.165, 1.54) is 33.1 Å². The van der Waals surface area contributed by atoms with Crippen LogP contribution in [0.5, 0.6) is 11.5 Å². The van der Waals surface area contributed by atoms with Gasteiger partial charge in [-0.05, 0) is 29.8 Å². The van der Waals surface area contributed by atoms with Crippen LogP contribution in [-0.2, 0) is 25.7 Å². The zero-order valence-electron chi connectivity index (χ0n) is 15.7. The zero-order valence-corrected chi connectivity index (χ0v) is 15.7. The Bertz CT molecular complexity index is 926. The summed E-state index contributed by atoms with van der Waals surface area (Å²) in [4.78, 5) is 24.2. The van der Waals surface area contributed by atoms with Crippen LogP contribution in [0.25, 0.3) is 6.08 Å². The number of carbonyl (C=O) groups is 2. The predicted octanol–water partition coefficient (Wildman–Crippen LogP) is 3.63. The van der Waals surface area contributed by atoms with Crippen molar-refractivity contribution >= 4 is 18.0 Å². The number of hydrogen-bond donors (Lipinski definition) is 0. The standard InChI is InChI=1S/C21H19FO6/c1-21(2)27-19(23)15(20(24)28-21)10-13-8-9-17(25-3)18(11-13)26-12-14-6-4-5-7-16(14)22/h4-11H,12H2,1-3H3. The Morgan fingerprint density at radius 2 is 1.71 bits per heavy atom. The average Bonchev–Trinajstić information content (AvgIpc) is 2.63. The molecular weight excluding hydrogens is 367 g/mol. The summed E-state index contributed by atoms with van der Waals surface area (Å²) in [6.45, 7) is 2.94. The van der Waals surface area contributed by atoms with Crippen LogP contribution in [0.1, 0.15) is 25.0 Å². The van der Waals surface area contributed by atoms with Crippen LogP contribution in [0.2, 0.25) is 0 Å². The molecule has 0 bridgehead atoms. The highest BCUT2D eigenvalue weighted by Crippen LogP contribution is 2.31. The molecule has 28 heavy (non-hydrogen) atoms. The van der Waals surface area contributed by atoms with Gasteiger partial charge >= 0.3 is 11.9 Å². The van der Waals surface area contributed by atoms with Gasteiger partial charge in [-0.15, -0.1) is 0 Å². The quantitative estimate of drug-likeness (QED) is 0.444. The van der Waals surface area contributed by atoms with Crippen LogP contribution in [0.3, 0.4) is 0 Å². The minimum Gasteiger partial charge on any atom is -0.493 e. The number of esters is 2. The lowest BCUT2D eigenvalue weighted by Crippen LogP contribution is -2.41. The van der Waals surface area contributed by atoms with Crippen LogP contribution < -0.4 is 9.47 Å². The minimum atomic E-state index is -1.31. The molecule has 1 fully saturated rings. The first-order valence-corrected chi connectivity index (χ1v) is 8.52. The molecule has 0 aromatic heterocycles. The van der Waals surface area contributed by atoms with Crippen LogP contribution >= 0.6 is 0 Å². The Hall–Kier alpha value is -3.35. The van der Waals surface area contributed by atoms with E-state index in [0.717, 1.165) is 0 Å². The number of rotatable bonds is 5. The Morgan fingerprint density at radius 1 is 1.04 bits per heavy atom. The number of ether oxygens (including phenoxy) is 4. The summed E-state index contributed by atoms with van der Waals surface area (Å²) >= 11 is 0. The predicted molar refractivity (Wildman–Crippen MR) is 98.0 cm³/mol. The smallest absolute Gasteiger partial charge is 0.348 e. The van der Waals surface area contributed by atoms with Crippen molar-refractivity contribution in [3.8, 4) is 11.5 Å². The second-order valence-electron chi connectivity index (χ2n) is 6.53. The molecule has 2 aromatic rings. The van der Waals surface area contributed by atoms with Gasteiger partial charge in [0.15, 0.2) is 11.5 Å². The molecule has 6 nitrogen and oxygen atoms in total. The van der Waals surface area contributed by atoms with Crippen molar-refractivity contribution in [2.24, 2.45) is 0 Å². The zero-order chi connectivity index (χ0) is 20.3. The Labute approximate surface area is 161 Å². The first-order valence-electron chi connectivity index (χ1n) is 8.52. The van der Waals surface area contributed by atoms with Gasteiger partial charge in [0.25, 0.3) is 5.79 Å². The lowest BCUT2D eigenvalue weighted by atomic mass is 10.1. The third-order valence-corrected chi connectivity index (χ3v) is 3.96. The molecular formula is C21H19FO6. The second kappa shape index (κ2) is 7.72. The van der Waals surface area contributed by atoms with E-state index in [2.05, 4.69) is 0 Å². The molecule has 0 radical (unpaired) electrons. The molecule has 0 N–H and O–H groups in total. The summed E-state index contributed by atoms with van der Waals surface area (Å²) < 4.78 is 34.9. The third-order valence-electron chi connectivity index (χ3n) is 3.96. The summed E-state index contributed by atoms with van der Waals surface area (Å²) in [5, 5.41) is 0.